The third-order valence-corrected chi connectivity index (χ3v) is 8.82. The molecule has 10 nitrogen and oxygen atoms in total. The Morgan fingerprint density at radius 3 is 1.52 bits per heavy atom. The Balaban J connectivity index is 0.000000167. The minimum Gasteiger partial charge on any atom is -0.348 e. The summed E-state index contributed by atoms with van der Waals surface area (Å²) in [6.45, 7) is 4.54. The Morgan fingerprint density at radius 1 is 0.500 bits per heavy atom. The van der Waals surface area contributed by atoms with Gasteiger partial charge < -0.3 is 10.6 Å². The van der Waals surface area contributed by atoms with Crippen LogP contribution in [0.4, 0.5) is 0 Å². The van der Waals surface area contributed by atoms with Gasteiger partial charge in [0.1, 0.15) is 0 Å². The predicted molar refractivity (Wildman–Crippen MR) is 210 cm³/mol. The lowest BCUT2D eigenvalue weighted by Crippen LogP contribution is -2.24. The van der Waals surface area contributed by atoms with Crippen LogP contribution in [0.2, 0.25) is 0 Å². The van der Waals surface area contributed by atoms with Crippen LogP contribution in [-0.2, 0) is 13.1 Å². The number of carbonyl (C=O) groups excluding carboxylic acids is 2. The molecule has 0 atom stereocenters. The van der Waals surface area contributed by atoms with E-state index < -0.39 is 0 Å². The van der Waals surface area contributed by atoms with E-state index in [1.165, 1.54) is 0 Å². The first-order chi connectivity index (χ1) is 26.4. The van der Waals surface area contributed by atoms with Crippen LogP contribution in [0.15, 0.2) is 146 Å². The minimum atomic E-state index is -0.141. The number of amides is 2. The number of aromatic nitrogens is 6. The van der Waals surface area contributed by atoms with Gasteiger partial charge in [-0.3, -0.25) is 19.6 Å². The van der Waals surface area contributed by atoms with Crippen molar-refractivity contribution in [3.63, 3.8) is 0 Å². The lowest BCUT2D eigenvalue weighted by molar-refractivity contribution is 0.0942. The van der Waals surface area contributed by atoms with Gasteiger partial charge >= 0.3 is 0 Å². The molecule has 0 aliphatic carbocycles. The van der Waals surface area contributed by atoms with Crippen molar-refractivity contribution in [3.05, 3.63) is 180 Å². The highest BCUT2D eigenvalue weighted by Gasteiger charge is 2.14. The number of fused-ring (bicyclic) bond motifs is 2. The molecule has 2 amide bonds. The monoisotopic (exact) mass is 708 g/mol. The van der Waals surface area contributed by atoms with E-state index in [9.17, 15) is 9.59 Å². The topological polar surface area (TPSA) is 136 Å². The second kappa shape index (κ2) is 16.4. The first-order valence-corrected chi connectivity index (χ1v) is 17.4. The zero-order valence-electron chi connectivity index (χ0n) is 29.8. The maximum atomic E-state index is 12.7. The second-order valence-corrected chi connectivity index (χ2v) is 12.6. The van der Waals surface area contributed by atoms with Crippen LogP contribution in [0.1, 0.15) is 43.2 Å². The van der Waals surface area contributed by atoms with Crippen molar-refractivity contribution in [1.82, 2.24) is 40.5 Å². The third kappa shape index (κ3) is 8.46. The maximum absolute atomic E-state index is 12.7. The number of hydrogen-bond donors (Lipinski definition) is 2. The molecule has 8 aromatic rings. The molecule has 0 aliphatic heterocycles. The van der Waals surface area contributed by atoms with Gasteiger partial charge in [0.15, 0.2) is 11.3 Å². The molecule has 6 heterocycles. The molecule has 2 aromatic carbocycles. The van der Waals surface area contributed by atoms with Crippen LogP contribution in [0.25, 0.3) is 44.3 Å². The van der Waals surface area contributed by atoms with Gasteiger partial charge in [-0.05, 0) is 114 Å². The first kappa shape index (κ1) is 35.2. The highest BCUT2D eigenvalue weighted by molar-refractivity contribution is 5.99. The summed E-state index contributed by atoms with van der Waals surface area (Å²) < 4.78 is 0. The third-order valence-electron chi connectivity index (χ3n) is 8.82. The van der Waals surface area contributed by atoms with Crippen molar-refractivity contribution in [2.75, 3.05) is 0 Å². The fourth-order valence-corrected chi connectivity index (χ4v) is 6.00. The van der Waals surface area contributed by atoms with Gasteiger partial charge in [-0.1, -0.05) is 42.5 Å². The summed E-state index contributed by atoms with van der Waals surface area (Å²) in [5.74, 6) is -0.280. The molecule has 0 bridgehead atoms. The fraction of sp³-hybridized carbons (Fsp3) is 0.0909. The SMILES string of the molecule is Cc1nc2ncccc2cc1C(=O)NCc1cccc(-c2cccnc2)c1.Cc1nc2ncccc2cc1C(=O)NCc1cccc(-c2ccncc2)c1. The molecule has 8 rings (SSSR count). The van der Waals surface area contributed by atoms with Crippen molar-refractivity contribution in [3.8, 4) is 22.3 Å². The van der Waals surface area contributed by atoms with Crippen LogP contribution in [0, 0.1) is 13.8 Å². The molecule has 10 heteroatoms. The summed E-state index contributed by atoms with van der Waals surface area (Å²) in [5.41, 5.74) is 10.2. The molecule has 0 spiro atoms. The number of pyridine rings is 6. The first-order valence-electron chi connectivity index (χ1n) is 17.4. The van der Waals surface area contributed by atoms with Crippen molar-refractivity contribution in [1.29, 1.82) is 0 Å². The standard InChI is InChI=1S/2C22H18N4O/c1-15-20(12-18-7-4-10-24-21(18)26-15)22(27)25-13-16-5-2-6-17(11-16)19-8-3-9-23-14-19;1-15-20(13-19-6-3-9-24-21(19)26-15)22(27)25-14-16-4-2-5-18(12-16)17-7-10-23-11-8-17/h2-12,14H,13H2,1H3,(H,25,27);2-13H,14H2,1H3,(H,25,27). The molecule has 0 radical (unpaired) electrons. The Morgan fingerprint density at radius 2 is 1.00 bits per heavy atom. The van der Waals surface area contributed by atoms with E-state index in [-0.39, 0.29) is 11.8 Å². The van der Waals surface area contributed by atoms with E-state index in [1.807, 2.05) is 117 Å². The average molecular weight is 709 g/mol. The predicted octanol–water partition coefficient (Wildman–Crippen LogP) is 7.86. The number of rotatable bonds is 8. The maximum Gasteiger partial charge on any atom is 0.253 e. The van der Waals surface area contributed by atoms with Crippen LogP contribution >= 0.6 is 0 Å². The summed E-state index contributed by atoms with van der Waals surface area (Å²) in [6, 6.07) is 35.2. The molecule has 2 N–H and O–H groups in total. The highest BCUT2D eigenvalue weighted by Crippen LogP contribution is 2.21. The van der Waals surface area contributed by atoms with E-state index >= 15 is 0 Å². The zero-order valence-corrected chi connectivity index (χ0v) is 29.8. The van der Waals surface area contributed by atoms with Crippen molar-refractivity contribution in [2.45, 2.75) is 26.9 Å². The molecule has 0 aliphatic rings. The Bertz CT molecular complexity index is 2400. The number of nitrogens with one attached hydrogen (secondary N) is 2. The van der Waals surface area contributed by atoms with Gasteiger partial charge in [0, 0.05) is 61.0 Å². The number of carbonyl (C=O) groups is 2. The number of aryl methyl sites for hydroxylation is 2. The van der Waals surface area contributed by atoms with Gasteiger partial charge in [0.2, 0.25) is 0 Å². The van der Waals surface area contributed by atoms with E-state index in [0.717, 1.165) is 44.2 Å². The molecule has 0 saturated heterocycles. The summed E-state index contributed by atoms with van der Waals surface area (Å²) in [6.07, 6.45) is 10.5. The molecular weight excluding hydrogens is 673 g/mol. The van der Waals surface area contributed by atoms with Crippen LogP contribution in [-0.4, -0.2) is 41.7 Å². The minimum absolute atomic E-state index is 0.139. The van der Waals surface area contributed by atoms with Crippen LogP contribution in [0.3, 0.4) is 0 Å². The quantitative estimate of drug-likeness (QED) is 0.163. The largest absolute Gasteiger partial charge is 0.348 e. The lowest BCUT2D eigenvalue weighted by Gasteiger charge is -2.10. The molecule has 0 fully saturated rings. The summed E-state index contributed by atoms with van der Waals surface area (Å²) in [4.78, 5) is 50.8. The number of benzene rings is 2. The average Bonchev–Trinajstić information content (AvgIpc) is 3.22. The molecule has 0 unspecified atom stereocenters. The summed E-state index contributed by atoms with van der Waals surface area (Å²) in [5, 5.41) is 7.68. The van der Waals surface area contributed by atoms with Crippen molar-refractivity contribution in [2.24, 2.45) is 0 Å². The molecule has 264 valence electrons. The van der Waals surface area contributed by atoms with Crippen molar-refractivity contribution < 1.29 is 9.59 Å². The molecule has 0 saturated carbocycles. The van der Waals surface area contributed by atoms with Crippen LogP contribution < -0.4 is 10.6 Å². The van der Waals surface area contributed by atoms with Crippen LogP contribution in [0.5, 0.6) is 0 Å². The van der Waals surface area contributed by atoms with Crippen molar-refractivity contribution >= 4 is 33.9 Å². The normalized spacial score (nSPS) is 10.7. The van der Waals surface area contributed by atoms with Gasteiger partial charge in [-0.15, -0.1) is 0 Å². The van der Waals surface area contributed by atoms with Gasteiger partial charge in [0.25, 0.3) is 11.8 Å². The molecule has 54 heavy (non-hydrogen) atoms. The summed E-state index contributed by atoms with van der Waals surface area (Å²) in [7, 11) is 0. The summed E-state index contributed by atoms with van der Waals surface area (Å²) >= 11 is 0. The second-order valence-electron chi connectivity index (χ2n) is 12.6. The number of nitrogens with zero attached hydrogens (tertiary/aromatic N) is 6. The smallest absolute Gasteiger partial charge is 0.253 e. The van der Waals surface area contributed by atoms with Gasteiger partial charge in [0.05, 0.1) is 22.5 Å². The van der Waals surface area contributed by atoms with Gasteiger partial charge in [-0.25, -0.2) is 19.9 Å². The molecule has 6 aromatic heterocycles. The van der Waals surface area contributed by atoms with Gasteiger partial charge in [-0.2, -0.15) is 0 Å². The Labute approximate surface area is 312 Å². The van der Waals surface area contributed by atoms with E-state index in [4.69, 9.17) is 0 Å². The Hall–Kier alpha value is -7.20. The Kier molecular flexibility index (Phi) is 10.7. The zero-order chi connectivity index (χ0) is 37.3. The fourth-order valence-electron chi connectivity index (χ4n) is 6.00. The van der Waals surface area contributed by atoms with E-state index in [2.05, 4.69) is 52.7 Å². The lowest BCUT2D eigenvalue weighted by atomic mass is 10.0. The van der Waals surface area contributed by atoms with E-state index in [0.29, 0.717) is 46.9 Å². The van der Waals surface area contributed by atoms with E-state index in [1.54, 1.807) is 31.0 Å². The number of hydrogen-bond acceptors (Lipinski definition) is 8. The highest BCUT2D eigenvalue weighted by atomic mass is 16.2. The molecular formula is C44H36N8O2.